The summed E-state index contributed by atoms with van der Waals surface area (Å²) in [7, 11) is 0. The van der Waals surface area contributed by atoms with Gasteiger partial charge in [-0.25, -0.2) is 0 Å². The Kier molecular flexibility index (Phi) is 10.8. The van der Waals surface area contributed by atoms with Crippen LogP contribution in [0.25, 0.3) is 6.08 Å². The predicted octanol–water partition coefficient (Wildman–Crippen LogP) is 8.26. The van der Waals surface area contributed by atoms with Crippen LogP contribution in [0.15, 0.2) is 108 Å². The van der Waals surface area contributed by atoms with Crippen LogP contribution in [0.5, 0.6) is 0 Å². The second-order valence-electron chi connectivity index (χ2n) is 9.62. The summed E-state index contributed by atoms with van der Waals surface area (Å²) in [6.45, 7) is 4.24. The van der Waals surface area contributed by atoms with Gasteiger partial charge < -0.3 is 16.0 Å². The normalized spacial score (nSPS) is 11.2. The van der Waals surface area contributed by atoms with Crippen molar-refractivity contribution in [3.05, 3.63) is 129 Å². The minimum absolute atomic E-state index is 0.0195. The van der Waals surface area contributed by atoms with Crippen LogP contribution in [0, 0.1) is 0 Å². The number of benzene rings is 4. The summed E-state index contributed by atoms with van der Waals surface area (Å²) in [5.41, 5.74) is 3.27. The van der Waals surface area contributed by atoms with E-state index in [1.165, 1.54) is 23.4 Å². The molecule has 0 heterocycles. The van der Waals surface area contributed by atoms with Crippen molar-refractivity contribution in [2.45, 2.75) is 24.7 Å². The Labute approximate surface area is 259 Å². The van der Waals surface area contributed by atoms with Gasteiger partial charge in [0.25, 0.3) is 11.8 Å². The van der Waals surface area contributed by atoms with E-state index in [1.807, 2.05) is 30.3 Å². The number of amides is 3. The van der Waals surface area contributed by atoms with E-state index in [-0.39, 0.29) is 22.4 Å². The van der Waals surface area contributed by atoms with Gasteiger partial charge in [-0.15, -0.1) is 11.8 Å². The monoisotopic (exact) mass is 617 g/mol. The molecule has 0 saturated carbocycles. The third kappa shape index (κ3) is 8.73. The number of anilines is 2. The average molecular weight is 619 g/mol. The predicted molar refractivity (Wildman–Crippen MR) is 173 cm³/mol. The number of hydrogen-bond donors (Lipinski definition) is 3. The Morgan fingerprint density at radius 2 is 1.52 bits per heavy atom. The maximum absolute atomic E-state index is 13.4. The molecule has 3 amide bonds. The average Bonchev–Trinajstić information content (AvgIpc) is 2.99. The molecule has 6 nitrogen and oxygen atoms in total. The molecule has 4 aromatic rings. The first-order chi connectivity index (χ1) is 20.2. The minimum Gasteiger partial charge on any atom is -0.325 e. The number of thioether (sulfide) groups is 1. The summed E-state index contributed by atoms with van der Waals surface area (Å²) >= 11 is 13.9. The lowest BCUT2D eigenvalue weighted by molar-refractivity contribution is -0.114. The standard InChI is InChI=1S/C33H29Cl2N3O3S/c1-21(2)22-14-16-25(17-15-22)36-30(39)20-42-27-12-7-11-26(19-27)37-33(41)29(18-24-10-6-13-28(34)31(24)35)38-32(40)23-8-4-3-5-9-23/h3-19,21H,20H2,1-2H3,(H,36,39)(H,37,41)(H,38,40)/b29-18+. The Morgan fingerprint density at radius 3 is 2.24 bits per heavy atom. The SMILES string of the molecule is CC(C)c1ccc(NC(=O)CSc2cccc(NC(=O)/C(=C\c3cccc(Cl)c3Cl)NC(=O)c3ccccc3)c2)cc1. The van der Waals surface area contributed by atoms with Gasteiger partial charge in [0.1, 0.15) is 5.70 Å². The summed E-state index contributed by atoms with van der Waals surface area (Å²) in [5.74, 6) is -0.544. The molecule has 0 saturated heterocycles. The fraction of sp³-hybridized carbons (Fsp3) is 0.121. The lowest BCUT2D eigenvalue weighted by atomic mass is 10.0. The zero-order chi connectivity index (χ0) is 30.1. The molecule has 0 unspecified atom stereocenters. The maximum Gasteiger partial charge on any atom is 0.272 e. The summed E-state index contributed by atoms with van der Waals surface area (Å²) in [6, 6.07) is 28.5. The fourth-order valence-electron chi connectivity index (χ4n) is 3.89. The molecular formula is C33H29Cl2N3O3S. The number of rotatable bonds is 10. The van der Waals surface area contributed by atoms with Crippen molar-refractivity contribution in [1.29, 1.82) is 0 Å². The second-order valence-corrected chi connectivity index (χ2v) is 11.5. The molecule has 4 aromatic carbocycles. The Hall–Kier alpha value is -4.04. The highest BCUT2D eigenvalue weighted by Crippen LogP contribution is 2.28. The number of carbonyl (C=O) groups excluding carboxylic acids is 3. The van der Waals surface area contributed by atoms with Gasteiger partial charge in [0.15, 0.2) is 0 Å². The van der Waals surface area contributed by atoms with Crippen LogP contribution in [0.4, 0.5) is 11.4 Å². The molecule has 0 aromatic heterocycles. The first kappa shape index (κ1) is 30.9. The minimum atomic E-state index is -0.555. The van der Waals surface area contributed by atoms with E-state index in [0.717, 1.165) is 10.6 Å². The molecular weight excluding hydrogens is 589 g/mol. The molecule has 0 atom stereocenters. The van der Waals surface area contributed by atoms with Crippen LogP contribution in [0.2, 0.25) is 10.0 Å². The van der Waals surface area contributed by atoms with Gasteiger partial charge in [0.2, 0.25) is 5.91 Å². The maximum atomic E-state index is 13.4. The van der Waals surface area contributed by atoms with Gasteiger partial charge in [-0.3, -0.25) is 14.4 Å². The third-order valence-corrected chi connectivity index (χ3v) is 7.96. The van der Waals surface area contributed by atoms with Crippen molar-refractivity contribution in [3.63, 3.8) is 0 Å². The lowest BCUT2D eigenvalue weighted by Gasteiger charge is -2.13. The van der Waals surface area contributed by atoms with Crippen molar-refractivity contribution in [2.24, 2.45) is 0 Å². The van der Waals surface area contributed by atoms with E-state index < -0.39 is 11.8 Å². The van der Waals surface area contributed by atoms with E-state index >= 15 is 0 Å². The number of carbonyl (C=O) groups is 3. The summed E-state index contributed by atoms with van der Waals surface area (Å²) in [6.07, 6.45) is 1.47. The molecule has 214 valence electrons. The second kappa shape index (κ2) is 14.7. The number of nitrogens with one attached hydrogen (secondary N) is 3. The van der Waals surface area contributed by atoms with E-state index in [9.17, 15) is 14.4 Å². The van der Waals surface area contributed by atoms with Gasteiger partial charge >= 0.3 is 0 Å². The summed E-state index contributed by atoms with van der Waals surface area (Å²) < 4.78 is 0. The zero-order valence-electron chi connectivity index (χ0n) is 23.0. The van der Waals surface area contributed by atoms with Crippen molar-refractivity contribution in [1.82, 2.24) is 5.32 Å². The molecule has 0 radical (unpaired) electrons. The van der Waals surface area contributed by atoms with Gasteiger partial charge in [-0.05, 0) is 71.7 Å². The van der Waals surface area contributed by atoms with E-state index in [1.54, 1.807) is 66.7 Å². The van der Waals surface area contributed by atoms with Crippen molar-refractivity contribution in [2.75, 3.05) is 16.4 Å². The van der Waals surface area contributed by atoms with Gasteiger partial charge in [-0.1, -0.05) is 85.6 Å². The van der Waals surface area contributed by atoms with Crippen LogP contribution in [0.3, 0.4) is 0 Å². The molecule has 0 spiro atoms. The van der Waals surface area contributed by atoms with Gasteiger partial charge in [0.05, 0.1) is 15.8 Å². The van der Waals surface area contributed by atoms with E-state index in [4.69, 9.17) is 23.2 Å². The Bertz CT molecular complexity index is 1610. The molecule has 4 rings (SSSR count). The van der Waals surface area contributed by atoms with Gasteiger partial charge in [-0.2, -0.15) is 0 Å². The lowest BCUT2D eigenvalue weighted by Crippen LogP contribution is -2.30. The van der Waals surface area contributed by atoms with Crippen LogP contribution in [0.1, 0.15) is 41.3 Å². The topological polar surface area (TPSA) is 87.3 Å². The molecule has 9 heteroatoms. The molecule has 3 N–H and O–H groups in total. The molecule has 0 aliphatic heterocycles. The summed E-state index contributed by atoms with van der Waals surface area (Å²) in [5, 5.41) is 8.99. The highest BCUT2D eigenvalue weighted by molar-refractivity contribution is 8.00. The van der Waals surface area contributed by atoms with Crippen LogP contribution < -0.4 is 16.0 Å². The Balaban J connectivity index is 1.45. The van der Waals surface area contributed by atoms with Crippen molar-refractivity contribution < 1.29 is 14.4 Å². The molecule has 42 heavy (non-hydrogen) atoms. The van der Waals surface area contributed by atoms with E-state index in [0.29, 0.717) is 27.8 Å². The highest BCUT2D eigenvalue weighted by atomic mass is 35.5. The first-order valence-electron chi connectivity index (χ1n) is 13.2. The Morgan fingerprint density at radius 1 is 0.810 bits per heavy atom. The third-order valence-electron chi connectivity index (χ3n) is 6.13. The fourth-order valence-corrected chi connectivity index (χ4v) is 5.01. The van der Waals surface area contributed by atoms with E-state index in [2.05, 4.69) is 29.8 Å². The highest BCUT2D eigenvalue weighted by Gasteiger charge is 2.17. The van der Waals surface area contributed by atoms with Crippen molar-refractivity contribution in [3.8, 4) is 0 Å². The van der Waals surface area contributed by atoms with Crippen LogP contribution in [-0.4, -0.2) is 23.5 Å². The number of hydrogen-bond acceptors (Lipinski definition) is 4. The molecule has 0 aliphatic rings. The smallest absolute Gasteiger partial charge is 0.272 e. The first-order valence-corrected chi connectivity index (χ1v) is 14.9. The largest absolute Gasteiger partial charge is 0.325 e. The van der Waals surface area contributed by atoms with Crippen molar-refractivity contribution >= 4 is 70.1 Å². The summed E-state index contributed by atoms with van der Waals surface area (Å²) in [4.78, 5) is 39.6. The quantitative estimate of drug-likeness (QED) is 0.123. The van der Waals surface area contributed by atoms with Crippen LogP contribution in [-0.2, 0) is 9.59 Å². The van der Waals surface area contributed by atoms with Crippen LogP contribution >= 0.6 is 35.0 Å². The molecule has 0 fully saturated rings. The number of halogens is 2. The molecule has 0 bridgehead atoms. The molecule has 0 aliphatic carbocycles. The zero-order valence-corrected chi connectivity index (χ0v) is 25.3. The van der Waals surface area contributed by atoms with Gasteiger partial charge in [0, 0.05) is 21.8 Å².